The molecule has 0 amide bonds. The Morgan fingerprint density at radius 3 is 2.93 bits per heavy atom. The van der Waals surface area contributed by atoms with Gasteiger partial charge in [0, 0.05) is 13.3 Å². The lowest BCUT2D eigenvalue weighted by molar-refractivity contribution is 0.0523. The Morgan fingerprint density at radius 2 is 2.40 bits per heavy atom. The molecule has 0 aliphatic rings. The Kier molecular flexibility index (Phi) is 3.99. The van der Waals surface area contributed by atoms with Crippen molar-refractivity contribution < 1.29 is 19.1 Å². The number of ether oxygens (including phenoxy) is 2. The first kappa shape index (κ1) is 11.4. The maximum Gasteiger partial charge on any atom is 0.342 e. The van der Waals surface area contributed by atoms with Gasteiger partial charge in [-0.1, -0.05) is 0 Å². The van der Waals surface area contributed by atoms with Gasteiger partial charge in [-0.15, -0.1) is 0 Å². The van der Waals surface area contributed by atoms with Crippen molar-refractivity contribution in [2.45, 2.75) is 13.7 Å². The Hall–Kier alpha value is -1.69. The van der Waals surface area contributed by atoms with Gasteiger partial charge in [0.15, 0.2) is 6.29 Å². The minimum Gasteiger partial charge on any atom is -0.462 e. The van der Waals surface area contributed by atoms with Crippen LogP contribution in [-0.4, -0.2) is 35.8 Å². The van der Waals surface area contributed by atoms with Gasteiger partial charge >= 0.3 is 5.97 Å². The topological polar surface area (TPSA) is 70.4 Å². The average molecular weight is 212 g/mol. The van der Waals surface area contributed by atoms with E-state index >= 15 is 0 Å². The van der Waals surface area contributed by atoms with Crippen molar-refractivity contribution in [3.63, 3.8) is 0 Å². The van der Waals surface area contributed by atoms with Gasteiger partial charge < -0.3 is 9.47 Å². The van der Waals surface area contributed by atoms with Crippen LogP contribution in [0.5, 0.6) is 0 Å². The van der Waals surface area contributed by atoms with E-state index in [1.807, 2.05) is 0 Å². The fourth-order valence-corrected chi connectivity index (χ4v) is 1.09. The molecular formula is C9H12N2O4. The van der Waals surface area contributed by atoms with Crippen LogP contribution in [-0.2, 0) is 16.2 Å². The van der Waals surface area contributed by atoms with E-state index in [0.29, 0.717) is 6.29 Å². The van der Waals surface area contributed by atoms with Crippen molar-refractivity contribution in [2.24, 2.45) is 0 Å². The highest BCUT2D eigenvalue weighted by molar-refractivity contribution is 5.96. The molecule has 0 unspecified atom stereocenters. The van der Waals surface area contributed by atoms with Gasteiger partial charge in [-0.2, -0.15) is 5.10 Å². The second kappa shape index (κ2) is 5.26. The van der Waals surface area contributed by atoms with Crippen molar-refractivity contribution in [2.75, 3.05) is 13.7 Å². The highest BCUT2D eigenvalue weighted by atomic mass is 16.5. The zero-order valence-electron chi connectivity index (χ0n) is 8.60. The smallest absolute Gasteiger partial charge is 0.342 e. The molecule has 0 spiro atoms. The molecule has 82 valence electrons. The molecule has 0 aromatic carbocycles. The molecule has 0 aliphatic carbocycles. The summed E-state index contributed by atoms with van der Waals surface area (Å²) in [4.78, 5) is 22.0. The third-order valence-electron chi connectivity index (χ3n) is 1.66. The molecule has 0 atom stereocenters. The average Bonchev–Trinajstić information content (AvgIpc) is 2.62. The van der Waals surface area contributed by atoms with Crippen LogP contribution in [0.25, 0.3) is 0 Å². The monoisotopic (exact) mass is 212 g/mol. The van der Waals surface area contributed by atoms with E-state index in [-0.39, 0.29) is 24.6 Å². The number of nitrogens with zero attached hydrogens (tertiary/aromatic N) is 2. The Balaban J connectivity index is 2.94. The molecule has 1 aromatic heterocycles. The van der Waals surface area contributed by atoms with Gasteiger partial charge in [-0.05, 0) is 6.92 Å². The first-order valence-electron chi connectivity index (χ1n) is 4.41. The highest BCUT2D eigenvalue weighted by Gasteiger charge is 2.16. The summed E-state index contributed by atoms with van der Waals surface area (Å²) >= 11 is 0. The third kappa shape index (κ3) is 2.63. The van der Waals surface area contributed by atoms with Crippen LogP contribution in [0.2, 0.25) is 0 Å². The molecule has 0 fully saturated rings. The van der Waals surface area contributed by atoms with Crippen LogP contribution < -0.4 is 0 Å². The fourth-order valence-electron chi connectivity index (χ4n) is 1.09. The molecule has 1 rings (SSSR count). The highest BCUT2D eigenvalue weighted by Crippen LogP contribution is 2.06. The second-order valence-electron chi connectivity index (χ2n) is 2.72. The molecule has 0 saturated carbocycles. The molecule has 0 saturated heterocycles. The van der Waals surface area contributed by atoms with Crippen molar-refractivity contribution in [3.05, 3.63) is 17.5 Å². The molecule has 15 heavy (non-hydrogen) atoms. The summed E-state index contributed by atoms with van der Waals surface area (Å²) in [5, 5.41) is 3.84. The molecule has 6 heteroatoms. The van der Waals surface area contributed by atoms with E-state index in [1.54, 1.807) is 6.92 Å². The minimum atomic E-state index is -0.554. The predicted molar refractivity (Wildman–Crippen MR) is 50.6 cm³/mol. The van der Waals surface area contributed by atoms with Crippen LogP contribution in [0.1, 0.15) is 27.8 Å². The summed E-state index contributed by atoms with van der Waals surface area (Å²) in [5.74, 6) is -0.554. The van der Waals surface area contributed by atoms with Gasteiger partial charge in [0.1, 0.15) is 18.0 Å². The van der Waals surface area contributed by atoms with Crippen molar-refractivity contribution >= 4 is 12.3 Å². The molecule has 1 heterocycles. The Morgan fingerprint density at radius 1 is 1.67 bits per heavy atom. The molecule has 6 nitrogen and oxygen atoms in total. The SMILES string of the molecule is CCOC(=O)c1cn(COC)nc1C=O. The predicted octanol–water partition coefficient (Wildman–Crippen LogP) is 0.476. The molecule has 0 bridgehead atoms. The van der Waals surface area contributed by atoms with Gasteiger partial charge in [-0.25, -0.2) is 9.48 Å². The van der Waals surface area contributed by atoms with Crippen molar-refractivity contribution in [1.82, 2.24) is 9.78 Å². The number of methoxy groups -OCH3 is 1. The van der Waals surface area contributed by atoms with Gasteiger partial charge in [-0.3, -0.25) is 4.79 Å². The van der Waals surface area contributed by atoms with Crippen molar-refractivity contribution in [3.8, 4) is 0 Å². The van der Waals surface area contributed by atoms with Crippen LogP contribution in [0.15, 0.2) is 6.20 Å². The van der Waals surface area contributed by atoms with E-state index in [2.05, 4.69) is 5.10 Å². The first-order valence-corrected chi connectivity index (χ1v) is 4.41. The number of carbonyl (C=O) groups is 2. The van der Waals surface area contributed by atoms with Crippen LogP contribution in [0, 0.1) is 0 Å². The summed E-state index contributed by atoms with van der Waals surface area (Å²) in [7, 11) is 1.49. The number of rotatable bonds is 5. The lowest BCUT2D eigenvalue weighted by Crippen LogP contribution is -2.06. The van der Waals surface area contributed by atoms with E-state index in [1.165, 1.54) is 18.0 Å². The number of esters is 1. The fraction of sp³-hybridized carbons (Fsp3) is 0.444. The summed E-state index contributed by atoms with van der Waals surface area (Å²) in [5.41, 5.74) is 0.217. The molecule has 0 aliphatic heterocycles. The standard InChI is InChI=1S/C9H12N2O4/c1-3-15-9(13)7-4-11(6-14-2)10-8(7)5-12/h4-5H,3,6H2,1-2H3. The second-order valence-corrected chi connectivity index (χ2v) is 2.72. The molecule has 0 radical (unpaired) electrons. The lowest BCUT2D eigenvalue weighted by atomic mass is 10.3. The molecule has 0 N–H and O–H groups in total. The normalized spacial score (nSPS) is 10.0. The molecular weight excluding hydrogens is 200 g/mol. The van der Waals surface area contributed by atoms with E-state index in [0.717, 1.165) is 0 Å². The molecule has 1 aromatic rings. The largest absolute Gasteiger partial charge is 0.462 e. The van der Waals surface area contributed by atoms with E-state index in [9.17, 15) is 9.59 Å². The number of carbonyl (C=O) groups excluding carboxylic acids is 2. The lowest BCUT2D eigenvalue weighted by Gasteiger charge is -1.98. The summed E-state index contributed by atoms with van der Waals surface area (Å²) < 4.78 is 10.9. The number of aldehydes is 1. The Bertz CT molecular complexity index is 359. The maximum atomic E-state index is 11.4. The number of aromatic nitrogens is 2. The van der Waals surface area contributed by atoms with E-state index in [4.69, 9.17) is 9.47 Å². The number of hydrogen-bond donors (Lipinski definition) is 0. The zero-order valence-corrected chi connectivity index (χ0v) is 8.60. The third-order valence-corrected chi connectivity index (χ3v) is 1.66. The summed E-state index contributed by atoms with van der Waals surface area (Å²) in [6.45, 7) is 2.13. The summed E-state index contributed by atoms with van der Waals surface area (Å²) in [6.07, 6.45) is 1.93. The quantitative estimate of drug-likeness (QED) is 0.524. The van der Waals surface area contributed by atoms with Crippen molar-refractivity contribution in [1.29, 1.82) is 0 Å². The van der Waals surface area contributed by atoms with Gasteiger partial charge in [0.25, 0.3) is 0 Å². The first-order chi connectivity index (χ1) is 7.22. The van der Waals surface area contributed by atoms with Gasteiger partial charge in [0.05, 0.1) is 6.61 Å². The number of hydrogen-bond acceptors (Lipinski definition) is 5. The van der Waals surface area contributed by atoms with Crippen LogP contribution in [0.4, 0.5) is 0 Å². The summed E-state index contributed by atoms with van der Waals surface area (Å²) in [6, 6.07) is 0. The van der Waals surface area contributed by atoms with Gasteiger partial charge in [0.2, 0.25) is 0 Å². The van der Waals surface area contributed by atoms with Crippen LogP contribution in [0.3, 0.4) is 0 Å². The maximum absolute atomic E-state index is 11.4. The zero-order chi connectivity index (χ0) is 11.3. The van der Waals surface area contributed by atoms with E-state index < -0.39 is 5.97 Å². The van der Waals surface area contributed by atoms with Crippen LogP contribution >= 0.6 is 0 Å². The Labute approximate surface area is 86.8 Å². The minimum absolute atomic E-state index is 0.0606.